The Labute approximate surface area is 165 Å². The van der Waals surface area contributed by atoms with E-state index in [2.05, 4.69) is 38.3 Å². The highest BCUT2D eigenvalue weighted by molar-refractivity contribution is 7.99. The molecule has 1 fully saturated rings. The van der Waals surface area contributed by atoms with E-state index in [1.807, 2.05) is 18.5 Å². The SMILES string of the molecule is CN(Cc1cccs1)C(=O)CSc1nnc(Cc2cccs2)n1C1CC1. The molecule has 26 heavy (non-hydrogen) atoms. The topological polar surface area (TPSA) is 51.0 Å². The van der Waals surface area contributed by atoms with E-state index >= 15 is 0 Å². The van der Waals surface area contributed by atoms with E-state index in [0.717, 1.165) is 17.4 Å². The zero-order valence-corrected chi connectivity index (χ0v) is 16.9. The van der Waals surface area contributed by atoms with Gasteiger partial charge in [0.15, 0.2) is 5.16 Å². The Morgan fingerprint density at radius 2 is 1.96 bits per heavy atom. The van der Waals surface area contributed by atoms with Crippen LogP contribution in [-0.2, 0) is 17.8 Å². The third-order valence-electron chi connectivity index (χ3n) is 4.28. The van der Waals surface area contributed by atoms with Crippen molar-refractivity contribution in [3.05, 3.63) is 50.6 Å². The molecular formula is C18H20N4OS3. The molecule has 1 saturated carbocycles. The van der Waals surface area contributed by atoms with E-state index in [4.69, 9.17) is 0 Å². The zero-order chi connectivity index (χ0) is 17.9. The molecule has 0 N–H and O–H groups in total. The van der Waals surface area contributed by atoms with Crippen molar-refractivity contribution in [1.82, 2.24) is 19.7 Å². The average molecular weight is 405 g/mol. The molecule has 1 amide bonds. The average Bonchev–Trinajstić information content (AvgIpc) is 3.06. The normalized spacial score (nSPS) is 13.9. The summed E-state index contributed by atoms with van der Waals surface area (Å²) in [5.41, 5.74) is 0. The van der Waals surface area contributed by atoms with Gasteiger partial charge >= 0.3 is 0 Å². The fraction of sp³-hybridized carbons (Fsp3) is 0.389. The largest absolute Gasteiger partial charge is 0.340 e. The number of rotatable bonds is 8. The van der Waals surface area contributed by atoms with E-state index in [0.29, 0.717) is 18.3 Å². The second kappa shape index (κ2) is 7.94. The first-order chi connectivity index (χ1) is 12.7. The molecule has 1 aliphatic rings. The number of thioether (sulfide) groups is 1. The van der Waals surface area contributed by atoms with E-state index in [1.54, 1.807) is 27.6 Å². The van der Waals surface area contributed by atoms with E-state index in [9.17, 15) is 4.79 Å². The number of thiophene rings is 2. The predicted molar refractivity (Wildman–Crippen MR) is 107 cm³/mol. The first-order valence-electron chi connectivity index (χ1n) is 8.56. The molecule has 3 heterocycles. The first-order valence-corrected chi connectivity index (χ1v) is 11.3. The molecule has 1 aliphatic carbocycles. The van der Waals surface area contributed by atoms with Gasteiger partial charge in [0.25, 0.3) is 0 Å². The van der Waals surface area contributed by atoms with Gasteiger partial charge in [-0.3, -0.25) is 4.79 Å². The highest BCUT2D eigenvalue weighted by atomic mass is 32.2. The molecule has 4 rings (SSSR count). The van der Waals surface area contributed by atoms with Crippen LogP contribution in [0.25, 0.3) is 0 Å². The molecule has 0 radical (unpaired) electrons. The van der Waals surface area contributed by atoms with Crippen LogP contribution < -0.4 is 0 Å². The van der Waals surface area contributed by atoms with Crippen LogP contribution in [0.2, 0.25) is 0 Å². The van der Waals surface area contributed by atoms with Crippen LogP contribution in [0, 0.1) is 0 Å². The Hall–Kier alpha value is -1.64. The van der Waals surface area contributed by atoms with Crippen molar-refractivity contribution in [2.24, 2.45) is 0 Å². The minimum Gasteiger partial charge on any atom is -0.340 e. The first kappa shape index (κ1) is 17.8. The van der Waals surface area contributed by atoms with Crippen molar-refractivity contribution in [1.29, 1.82) is 0 Å². The molecular weight excluding hydrogens is 384 g/mol. The fourth-order valence-corrected chi connectivity index (χ4v) is 5.18. The summed E-state index contributed by atoms with van der Waals surface area (Å²) in [6, 6.07) is 8.77. The Balaban J connectivity index is 1.40. The molecule has 3 aromatic heterocycles. The van der Waals surface area contributed by atoms with Gasteiger partial charge in [-0.15, -0.1) is 32.9 Å². The lowest BCUT2D eigenvalue weighted by Gasteiger charge is -2.16. The van der Waals surface area contributed by atoms with Crippen LogP contribution in [0.5, 0.6) is 0 Å². The molecule has 0 aromatic carbocycles. The summed E-state index contributed by atoms with van der Waals surface area (Å²) in [7, 11) is 1.86. The van der Waals surface area contributed by atoms with Crippen LogP contribution in [0.3, 0.4) is 0 Å². The van der Waals surface area contributed by atoms with E-state index in [1.165, 1.54) is 34.4 Å². The third kappa shape index (κ3) is 4.19. The van der Waals surface area contributed by atoms with Crippen molar-refractivity contribution in [2.45, 2.75) is 37.0 Å². The van der Waals surface area contributed by atoms with Crippen molar-refractivity contribution in [2.75, 3.05) is 12.8 Å². The van der Waals surface area contributed by atoms with Gasteiger partial charge < -0.3 is 9.47 Å². The summed E-state index contributed by atoms with van der Waals surface area (Å²) >= 11 is 4.92. The number of carbonyl (C=O) groups excluding carboxylic acids is 1. The highest BCUT2D eigenvalue weighted by Gasteiger charge is 2.30. The smallest absolute Gasteiger partial charge is 0.233 e. The minimum atomic E-state index is 0.119. The van der Waals surface area contributed by atoms with Gasteiger partial charge in [0.2, 0.25) is 5.91 Å². The molecule has 0 atom stereocenters. The Morgan fingerprint density at radius 1 is 1.23 bits per heavy atom. The number of hydrogen-bond acceptors (Lipinski definition) is 6. The number of amides is 1. The van der Waals surface area contributed by atoms with Crippen LogP contribution in [0.1, 0.15) is 34.5 Å². The fourth-order valence-electron chi connectivity index (χ4n) is 2.76. The molecule has 0 spiro atoms. The summed E-state index contributed by atoms with van der Waals surface area (Å²) in [4.78, 5) is 16.7. The lowest BCUT2D eigenvalue weighted by Crippen LogP contribution is -2.27. The van der Waals surface area contributed by atoms with Gasteiger partial charge in [0.05, 0.1) is 12.3 Å². The maximum absolute atomic E-state index is 12.5. The lowest BCUT2D eigenvalue weighted by atomic mass is 10.3. The highest BCUT2D eigenvalue weighted by Crippen LogP contribution is 2.39. The van der Waals surface area contributed by atoms with Crippen LogP contribution >= 0.6 is 34.4 Å². The Kier molecular flexibility index (Phi) is 5.42. The maximum atomic E-state index is 12.5. The standard InChI is InChI=1S/C18H20N4OS3/c1-21(11-15-5-3-9-25-15)17(23)12-26-18-20-19-16(22(18)13-6-7-13)10-14-4-2-8-24-14/h2-5,8-9,13H,6-7,10-12H2,1H3. The molecule has 0 aliphatic heterocycles. The Bertz CT molecular complexity index is 853. The molecule has 0 unspecified atom stereocenters. The lowest BCUT2D eigenvalue weighted by molar-refractivity contribution is -0.127. The second-order valence-electron chi connectivity index (χ2n) is 6.37. The van der Waals surface area contributed by atoms with Gasteiger partial charge in [0, 0.05) is 29.3 Å². The van der Waals surface area contributed by atoms with E-state index in [-0.39, 0.29) is 5.91 Å². The summed E-state index contributed by atoms with van der Waals surface area (Å²) in [5, 5.41) is 13.8. The van der Waals surface area contributed by atoms with E-state index < -0.39 is 0 Å². The summed E-state index contributed by atoms with van der Waals surface area (Å²) in [6.07, 6.45) is 3.17. The molecule has 3 aromatic rings. The van der Waals surface area contributed by atoms with Crippen LogP contribution in [-0.4, -0.2) is 38.4 Å². The summed E-state index contributed by atoms with van der Waals surface area (Å²) < 4.78 is 2.25. The van der Waals surface area contributed by atoms with Crippen LogP contribution in [0.15, 0.2) is 40.2 Å². The van der Waals surface area contributed by atoms with Gasteiger partial charge in [-0.2, -0.15) is 0 Å². The zero-order valence-electron chi connectivity index (χ0n) is 14.5. The third-order valence-corrected chi connectivity index (χ3v) is 6.95. The molecule has 136 valence electrons. The maximum Gasteiger partial charge on any atom is 0.233 e. The van der Waals surface area contributed by atoms with Crippen molar-refractivity contribution in [3.8, 4) is 0 Å². The number of aromatic nitrogens is 3. The van der Waals surface area contributed by atoms with Gasteiger partial charge in [-0.25, -0.2) is 0 Å². The summed E-state index contributed by atoms with van der Waals surface area (Å²) in [5.74, 6) is 1.52. The Morgan fingerprint density at radius 3 is 2.62 bits per heavy atom. The number of nitrogens with zero attached hydrogens (tertiary/aromatic N) is 4. The van der Waals surface area contributed by atoms with Crippen LogP contribution in [0.4, 0.5) is 0 Å². The number of hydrogen-bond donors (Lipinski definition) is 0. The van der Waals surface area contributed by atoms with Crippen molar-refractivity contribution >= 4 is 40.3 Å². The monoisotopic (exact) mass is 404 g/mol. The molecule has 0 saturated heterocycles. The van der Waals surface area contributed by atoms with Gasteiger partial charge in [-0.1, -0.05) is 23.9 Å². The molecule has 0 bridgehead atoms. The van der Waals surface area contributed by atoms with Gasteiger partial charge in [0.1, 0.15) is 5.82 Å². The molecule has 5 nitrogen and oxygen atoms in total. The van der Waals surface area contributed by atoms with Crippen molar-refractivity contribution in [3.63, 3.8) is 0 Å². The summed E-state index contributed by atoms with van der Waals surface area (Å²) in [6.45, 7) is 0.663. The molecule has 8 heteroatoms. The van der Waals surface area contributed by atoms with Gasteiger partial charge in [-0.05, 0) is 35.7 Å². The minimum absolute atomic E-state index is 0.119. The number of carbonyl (C=O) groups is 1. The quantitative estimate of drug-likeness (QED) is 0.531. The predicted octanol–water partition coefficient (Wildman–Crippen LogP) is 4.08. The second-order valence-corrected chi connectivity index (χ2v) is 9.38. The van der Waals surface area contributed by atoms with Crippen molar-refractivity contribution < 1.29 is 4.79 Å².